The van der Waals surface area contributed by atoms with Crippen molar-refractivity contribution in [2.45, 2.75) is 26.2 Å². The number of aromatic nitrogens is 1. The number of nitrogens with two attached hydrogens (primary N) is 1. The highest BCUT2D eigenvalue weighted by Crippen LogP contribution is 2.37. The van der Waals surface area contributed by atoms with Crippen LogP contribution < -0.4 is 21.6 Å². The summed E-state index contributed by atoms with van der Waals surface area (Å²) in [5.74, 6) is 0. The van der Waals surface area contributed by atoms with Crippen molar-refractivity contribution in [2.75, 3.05) is 5.32 Å². The van der Waals surface area contributed by atoms with E-state index in [0.717, 1.165) is 26.8 Å². The molecular weight excluding hydrogens is 254 g/mol. The van der Waals surface area contributed by atoms with E-state index < -0.39 is 0 Å². The summed E-state index contributed by atoms with van der Waals surface area (Å²) in [7, 11) is 0. The lowest BCUT2D eigenvalue weighted by molar-refractivity contribution is 0.604. The highest BCUT2D eigenvalue weighted by Gasteiger charge is 2.21. The predicted octanol–water partition coefficient (Wildman–Crippen LogP) is 1.72. The molecular formula is C15H17N3S. The van der Waals surface area contributed by atoms with Gasteiger partial charge in [0.05, 0.1) is 11.0 Å². The van der Waals surface area contributed by atoms with Gasteiger partial charge in [0.1, 0.15) is 5.00 Å². The first-order valence-corrected chi connectivity index (χ1v) is 7.11. The molecule has 19 heavy (non-hydrogen) atoms. The van der Waals surface area contributed by atoms with Gasteiger partial charge < -0.3 is 11.1 Å². The molecule has 2 aromatic rings. The molecule has 0 saturated heterocycles. The molecule has 0 unspecified atom stereocenters. The Labute approximate surface area is 116 Å². The fourth-order valence-corrected chi connectivity index (χ4v) is 3.20. The third kappa shape index (κ3) is 2.02. The van der Waals surface area contributed by atoms with Crippen LogP contribution in [0.25, 0.3) is 11.9 Å². The molecule has 0 radical (unpaired) electrons. The van der Waals surface area contributed by atoms with Gasteiger partial charge in [0.15, 0.2) is 0 Å². The van der Waals surface area contributed by atoms with Crippen LogP contribution in [0.2, 0.25) is 0 Å². The van der Waals surface area contributed by atoms with E-state index >= 15 is 0 Å². The standard InChI is InChI=1S/C15H17N3S/c1-15(2,3)11-7-10-12(16)13-9(5-4-6-17-13)8-18-14(10)19-11/h4-8,18H,16H2,1-3H3. The first kappa shape index (κ1) is 12.2. The van der Waals surface area contributed by atoms with Gasteiger partial charge in [0.25, 0.3) is 0 Å². The average Bonchev–Trinajstić information content (AvgIpc) is 2.75. The van der Waals surface area contributed by atoms with Gasteiger partial charge in [-0.2, -0.15) is 0 Å². The first-order valence-electron chi connectivity index (χ1n) is 6.29. The summed E-state index contributed by atoms with van der Waals surface area (Å²) in [6, 6.07) is 6.12. The zero-order chi connectivity index (χ0) is 13.6. The van der Waals surface area contributed by atoms with Gasteiger partial charge in [-0.25, -0.2) is 0 Å². The maximum absolute atomic E-state index is 6.32. The van der Waals surface area contributed by atoms with Crippen molar-refractivity contribution in [3.63, 3.8) is 0 Å². The molecule has 3 heterocycles. The number of thiophene rings is 1. The minimum Gasteiger partial charge on any atom is -0.396 e. The van der Waals surface area contributed by atoms with Crippen molar-refractivity contribution >= 4 is 28.2 Å². The Morgan fingerprint density at radius 1 is 1.32 bits per heavy atom. The van der Waals surface area contributed by atoms with E-state index in [1.807, 2.05) is 18.3 Å². The summed E-state index contributed by atoms with van der Waals surface area (Å²) >= 11 is 1.76. The summed E-state index contributed by atoms with van der Waals surface area (Å²) in [6.45, 7) is 6.64. The van der Waals surface area contributed by atoms with Crippen molar-refractivity contribution < 1.29 is 0 Å². The van der Waals surface area contributed by atoms with E-state index in [-0.39, 0.29) is 5.41 Å². The van der Waals surface area contributed by atoms with E-state index in [0.29, 0.717) is 0 Å². The fraction of sp³-hybridized carbons (Fsp3) is 0.267. The second-order valence-corrected chi connectivity index (χ2v) is 6.80. The van der Waals surface area contributed by atoms with Gasteiger partial charge in [-0.05, 0) is 23.6 Å². The topological polar surface area (TPSA) is 50.9 Å². The number of rotatable bonds is 0. The van der Waals surface area contributed by atoms with Crippen molar-refractivity contribution in [3.05, 3.63) is 45.4 Å². The average molecular weight is 271 g/mol. The van der Waals surface area contributed by atoms with Gasteiger partial charge >= 0.3 is 0 Å². The summed E-state index contributed by atoms with van der Waals surface area (Å²) in [5, 5.41) is 6.34. The van der Waals surface area contributed by atoms with E-state index in [1.165, 1.54) is 4.88 Å². The van der Waals surface area contributed by atoms with Crippen LogP contribution in [-0.4, -0.2) is 4.98 Å². The predicted molar refractivity (Wildman–Crippen MR) is 81.3 cm³/mol. The normalized spacial score (nSPS) is 13.9. The lowest BCUT2D eigenvalue weighted by Crippen LogP contribution is -2.32. The number of hydrogen-bond acceptors (Lipinski definition) is 4. The molecule has 3 nitrogen and oxygen atoms in total. The maximum atomic E-state index is 6.32. The van der Waals surface area contributed by atoms with Crippen molar-refractivity contribution in [2.24, 2.45) is 5.73 Å². The number of fused-ring (bicyclic) bond motifs is 2. The van der Waals surface area contributed by atoms with Crippen molar-refractivity contribution in [1.29, 1.82) is 0 Å². The number of nitrogens with zero attached hydrogens (tertiary/aromatic N) is 1. The second-order valence-electron chi connectivity index (χ2n) is 5.75. The highest BCUT2D eigenvalue weighted by molar-refractivity contribution is 7.16. The molecule has 0 saturated carbocycles. The molecule has 1 aliphatic rings. The summed E-state index contributed by atoms with van der Waals surface area (Å²) in [5.41, 5.74) is 8.25. The molecule has 4 heteroatoms. The van der Waals surface area contributed by atoms with Crippen LogP contribution in [0, 0.1) is 0 Å². The van der Waals surface area contributed by atoms with Gasteiger partial charge in [-0.1, -0.05) is 20.8 Å². The van der Waals surface area contributed by atoms with Crippen molar-refractivity contribution in [1.82, 2.24) is 4.98 Å². The summed E-state index contributed by atoms with van der Waals surface area (Å²) < 4.78 is 0. The largest absolute Gasteiger partial charge is 0.396 e. The molecule has 1 aliphatic heterocycles. The minimum atomic E-state index is 0.131. The third-order valence-electron chi connectivity index (χ3n) is 3.21. The molecule has 0 atom stereocenters. The van der Waals surface area contributed by atoms with Gasteiger partial charge in [0.2, 0.25) is 0 Å². The summed E-state index contributed by atoms with van der Waals surface area (Å²) in [6.07, 6.45) is 3.76. The Morgan fingerprint density at radius 3 is 2.84 bits per heavy atom. The number of pyridine rings is 1. The quantitative estimate of drug-likeness (QED) is 0.767. The van der Waals surface area contributed by atoms with Gasteiger partial charge in [0, 0.05) is 28.1 Å². The molecule has 0 amide bonds. The van der Waals surface area contributed by atoms with E-state index in [2.05, 4.69) is 37.1 Å². The lowest BCUT2D eigenvalue weighted by atomic mass is 9.94. The molecule has 0 fully saturated rings. The Kier molecular flexibility index (Phi) is 2.64. The van der Waals surface area contributed by atoms with Crippen LogP contribution in [0.15, 0.2) is 24.4 Å². The van der Waals surface area contributed by atoms with Gasteiger partial charge in [-0.15, -0.1) is 11.3 Å². The van der Waals surface area contributed by atoms with Crippen LogP contribution in [-0.2, 0) is 5.41 Å². The molecule has 3 rings (SSSR count). The summed E-state index contributed by atoms with van der Waals surface area (Å²) in [4.78, 5) is 5.72. The van der Waals surface area contributed by atoms with Crippen LogP contribution in [0.3, 0.4) is 0 Å². The second kappa shape index (κ2) is 4.10. The molecule has 0 aliphatic carbocycles. The molecule has 0 spiro atoms. The molecule has 98 valence electrons. The maximum Gasteiger partial charge on any atom is 0.102 e. The molecule has 3 N–H and O–H groups in total. The van der Waals surface area contributed by atoms with Crippen LogP contribution in [0.5, 0.6) is 0 Å². The number of anilines is 1. The van der Waals surface area contributed by atoms with E-state index in [1.54, 1.807) is 17.5 Å². The zero-order valence-electron chi connectivity index (χ0n) is 11.3. The number of nitrogens with one attached hydrogen (secondary N) is 1. The SMILES string of the molecule is CC(C)(C)c1cc2c(s1)NC=c1cccnc1=C2N. The Hall–Kier alpha value is -1.81. The Balaban J connectivity index is 2.29. The molecule has 0 aromatic carbocycles. The van der Waals surface area contributed by atoms with E-state index in [9.17, 15) is 0 Å². The smallest absolute Gasteiger partial charge is 0.102 e. The third-order valence-corrected chi connectivity index (χ3v) is 4.71. The molecule has 2 aromatic heterocycles. The van der Waals surface area contributed by atoms with Gasteiger partial charge in [-0.3, -0.25) is 4.98 Å². The Bertz CT molecular complexity index is 750. The van der Waals surface area contributed by atoms with Crippen LogP contribution in [0.4, 0.5) is 5.00 Å². The molecule has 0 bridgehead atoms. The lowest BCUT2D eigenvalue weighted by Gasteiger charge is -2.15. The first-order chi connectivity index (χ1) is 8.97. The zero-order valence-corrected chi connectivity index (χ0v) is 12.1. The van der Waals surface area contributed by atoms with Crippen molar-refractivity contribution in [3.8, 4) is 0 Å². The monoisotopic (exact) mass is 271 g/mol. The number of hydrogen-bond donors (Lipinski definition) is 2. The van der Waals surface area contributed by atoms with Crippen LogP contribution in [0.1, 0.15) is 31.2 Å². The highest BCUT2D eigenvalue weighted by atomic mass is 32.1. The fourth-order valence-electron chi connectivity index (χ4n) is 2.10. The Morgan fingerprint density at radius 2 is 2.11 bits per heavy atom. The minimum absolute atomic E-state index is 0.131. The van der Waals surface area contributed by atoms with E-state index in [4.69, 9.17) is 5.73 Å². The van der Waals surface area contributed by atoms with Crippen LogP contribution >= 0.6 is 11.3 Å².